The lowest BCUT2D eigenvalue weighted by atomic mass is 10.2. The Labute approximate surface area is 117 Å². The van der Waals surface area contributed by atoms with Crippen LogP contribution in [0.4, 0.5) is 0 Å². The van der Waals surface area contributed by atoms with Crippen LogP contribution in [-0.4, -0.2) is 53.1 Å². The van der Waals surface area contributed by atoms with Gasteiger partial charge in [-0.15, -0.1) is 0 Å². The van der Waals surface area contributed by atoms with Gasteiger partial charge >= 0.3 is 0 Å². The number of aliphatic hydroxyl groups excluding tert-OH is 1. The standard InChI is InChI=1S/C13H20N2O3S/c1-10(15-4-7-19-8-5-15)13(17)14-9-11(16)12-3-2-6-18-12/h2-3,6,10-11,16H,4-5,7-9H2,1H3,(H,14,17). The van der Waals surface area contributed by atoms with Gasteiger partial charge in [0.1, 0.15) is 11.9 Å². The highest BCUT2D eigenvalue weighted by Gasteiger charge is 2.23. The van der Waals surface area contributed by atoms with Crippen LogP contribution in [0.5, 0.6) is 0 Å². The van der Waals surface area contributed by atoms with Gasteiger partial charge in [-0.05, 0) is 19.1 Å². The molecule has 1 aromatic rings. The Hall–Kier alpha value is -0.980. The maximum absolute atomic E-state index is 12.0. The van der Waals surface area contributed by atoms with Crippen molar-refractivity contribution >= 4 is 17.7 Å². The summed E-state index contributed by atoms with van der Waals surface area (Å²) in [5.74, 6) is 2.58. The molecule has 2 rings (SSSR count). The third-order valence-electron chi connectivity index (χ3n) is 3.31. The number of aliphatic hydroxyl groups is 1. The van der Waals surface area contributed by atoms with E-state index in [1.807, 2.05) is 18.7 Å². The molecule has 0 aliphatic carbocycles. The molecule has 6 heteroatoms. The van der Waals surface area contributed by atoms with Crippen LogP contribution in [0, 0.1) is 0 Å². The molecule has 19 heavy (non-hydrogen) atoms. The van der Waals surface area contributed by atoms with Crippen molar-refractivity contribution < 1.29 is 14.3 Å². The van der Waals surface area contributed by atoms with E-state index in [-0.39, 0.29) is 18.5 Å². The molecule has 0 saturated carbocycles. The minimum absolute atomic E-state index is 0.0440. The Morgan fingerprint density at radius 3 is 2.95 bits per heavy atom. The van der Waals surface area contributed by atoms with E-state index in [1.165, 1.54) is 6.26 Å². The van der Waals surface area contributed by atoms with Crippen LogP contribution in [0.25, 0.3) is 0 Å². The van der Waals surface area contributed by atoms with Crippen LogP contribution in [0.15, 0.2) is 22.8 Å². The molecule has 5 nitrogen and oxygen atoms in total. The molecule has 1 amide bonds. The van der Waals surface area contributed by atoms with Crippen molar-refractivity contribution in [3.05, 3.63) is 24.2 Å². The van der Waals surface area contributed by atoms with Gasteiger partial charge in [0.2, 0.25) is 5.91 Å². The summed E-state index contributed by atoms with van der Waals surface area (Å²) in [4.78, 5) is 14.2. The van der Waals surface area contributed by atoms with E-state index in [4.69, 9.17) is 4.42 Å². The van der Waals surface area contributed by atoms with E-state index in [9.17, 15) is 9.90 Å². The second-order valence-electron chi connectivity index (χ2n) is 4.60. The number of carbonyl (C=O) groups excluding carboxylic acids is 1. The van der Waals surface area contributed by atoms with Gasteiger partial charge in [-0.2, -0.15) is 11.8 Å². The molecule has 2 unspecified atom stereocenters. The Bertz CT molecular complexity index is 391. The van der Waals surface area contributed by atoms with Gasteiger partial charge in [0, 0.05) is 24.6 Å². The molecule has 2 N–H and O–H groups in total. The fraction of sp³-hybridized carbons (Fsp3) is 0.615. The normalized spacial score (nSPS) is 19.9. The van der Waals surface area contributed by atoms with Crippen LogP contribution < -0.4 is 5.32 Å². The monoisotopic (exact) mass is 284 g/mol. The van der Waals surface area contributed by atoms with Crippen LogP contribution in [0.2, 0.25) is 0 Å². The first-order valence-electron chi connectivity index (χ1n) is 6.49. The first-order chi connectivity index (χ1) is 9.18. The molecule has 0 aromatic carbocycles. The van der Waals surface area contributed by atoms with Crippen molar-refractivity contribution in [3.8, 4) is 0 Å². The molecule has 0 spiro atoms. The zero-order chi connectivity index (χ0) is 13.7. The number of hydrogen-bond acceptors (Lipinski definition) is 5. The van der Waals surface area contributed by atoms with Crippen molar-refractivity contribution in [1.82, 2.24) is 10.2 Å². The number of nitrogens with zero attached hydrogens (tertiary/aromatic N) is 1. The molecule has 2 atom stereocenters. The zero-order valence-corrected chi connectivity index (χ0v) is 11.9. The summed E-state index contributed by atoms with van der Waals surface area (Å²) in [5.41, 5.74) is 0. The zero-order valence-electron chi connectivity index (χ0n) is 11.0. The van der Waals surface area contributed by atoms with Gasteiger partial charge in [0.15, 0.2) is 0 Å². The quantitative estimate of drug-likeness (QED) is 0.840. The third-order valence-corrected chi connectivity index (χ3v) is 4.26. The molecule has 1 saturated heterocycles. The molecule has 1 aliphatic heterocycles. The van der Waals surface area contributed by atoms with Crippen LogP contribution in [0.3, 0.4) is 0 Å². The SMILES string of the molecule is CC(C(=O)NCC(O)c1ccco1)N1CCSCC1. The van der Waals surface area contributed by atoms with Crippen molar-refractivity contribution in [2.75, 3.05) is 31.1 Å². The number of thioether (sulfide) groups is 1. The minimum atomic E-state index is -0.789. The number of nitrogens with one attached hydrogen (secondary N) is 1. The lowest BCUT2D eigenvalue weighted by molar-refractivity contribution is -0.126. The number of hydrogen-bond donors (Lipinski definition) is 2. The highest BCUT2D eigenvalue weighted by molar-refractivity contribution is 7.99. The molecule has 2 heterocycles. The second kappa shape index (κ2) is 6.98. The summed E-state index contributed by atoms with van der Waals surface area (Å²) in [6.07, 6.45) is 0.719. The van der Waals surface area contributed by atoms with Gasteiger partial charge in [-0.1, -0.05) is 0 Å². The molecule has 0 radical (unpaired) electrons. The van der Waals surface area contributed by atoms with Gasteiger partial charge in [0.05, 0.1) is 18.8 Å². The summed E-state index contributed by atoms with van der Waals surface area (Å²) in [6, 6.07) is 3.26. The Kier molecular flexibility index (Phi) is 5.30. The number of furan rings is 1. The second-order valence-corrected chi connectivity index (χ2v) is 5.83. The first kappa shape index (κ1) is 14.4. The van der Waals surface area contributed by atoms with Gasteiger partial charge < -0.3 is 14.8 Å². The fourth-order valence-electron chi connectivity index (χ4n) is 2.06. The topological polar surface area (TPSA) is 65.7 Å². The lowest BCUT2D eigenvalue weighted by Crippen LogP contribution is -2.48. The van der Waals surface area contributed by atoms with E-state index >= 15 is 0 Å². The third kappa shape index (κ3) is 3.99. The number of amides is 1. The highest BCUT2D eigenvalue weighted by atomic mass is 32.2. The maximum Gasteiger partial charge on any atom is 0.237 e. The summed E-state index contributed by atoms with van der Waals surface area (Å²) in [5, 5.41) is 12.6. The van der Waals surface area contributed by atoms with E-state index < -0.39 is 6.10 Å². The van der Waals surface area contributed by atoms with Gasteiger partial charge in [0.25, 0.3) is 0 Å². The van der Waals surface area contributed by atoms with Crippen molar-refractivity contribution in [2.45, 2.75) is 19.1 Å². The average molecular weight is 284 g/mol. The molecule has 1 aliphatic rings. The number of carbonyl (C=O) groups is 1. The van der Waals surface area contributed by atoms with E-state index in [0.29, 0.717) is 5.76 Å². The predicted molar refractivity (Wildman–Crippen MR) is 75.0 cm³/mol. The van der Waals surface area contributed by atoms with Gasteiger partial charge in [-0.25, -0.2) is 0 Å². The fourth-order valence-corrected chi connectivity index (χ4v) is 2.99. The van der Waals surface area contributed by atoms with Crippen molar-refractivity contribution in [3.63, 3.8) is 0 Å². The van der Waals surface area contributed by atoms with Crippen LogP contribution in [0.1, 0.15) is 18.8 Å². The summed E-state index contributed by atoms with van der Waals surface area (Å²) >= 11 is 1.92. The largest absolute Gasteiger partial charge is 0.467 e. The van der Waals surface area contributed by atoms with Gasteiger partial charge in [-0.3, -0.25) is 9.69 Å². The molecule has 1 aromatic heterocycles. The molecule has 106 valence electrons. The van der Waals surface area contributed by atoms with Crippen LogP contribution >= 0.6 is 11.8 Å². The Morgan fingerprint density at radius 1 is 1.58 bits per heavy atom. The summed E-state index contributed by atoms with van der Waals surface area (Å²) < 4.78 is 5.09. The van der Waals surface area contributed by atoms with E-state index in [2.05, 4.69) is 10.2 Å². The lowest BCUT2D eigenvalue weighted by Gasteiger charge is -2.31. The number of rotatable bonds is 5. The first-order valence-corrected chi connectivity index (χ1v) is 7.65. The molecule has 0 bridgehead atoms. The summed E-state index contributed by atoms with van der Waals surface area (Å²) in [7, 11) is 0. The summed E-state index contributed by atoms with van der Waals surface area (Å²) in [6.45, 7) is 3.98. The van der Waals surface area contributed by atoms with Crippen LogP contribution in [-0.2, 0) is 4.79 Å². The average Bonchev–Trinajstić information content (AvgIpc) is 2.98. The predicted octanol–water partition coefficient (Wildman–Crippen LogP) is 0.866. The maximum atomic E-state index is 12.0. The minimum Gasteiger partial charge on any atom is -0.467 e. The van der Waals surface area contributed by atoms with Crippen molar-refractivity contribution in [1.29, 1.82) is 0 Å². The van der Waals surface area contributed by atoms with Crippen molar-refractivity contribution in [2.24, 2.45) is 0 Å². The highest BCUT2D eigenvalue weighted by Crippen LogP contribution is 2.13. The van der Waals surface area contributed by atoms with E-state index in [0.717, 1.165) is 24.6 Å². The Morgan fingerprint density at radius 2 is 2.32 bits per heavy atom. The molecule has 1 fully saturated rings. The Balaban J connectivity index is 1.77. The molecular weight excluding hydrogens is 264 g/mol. The van der Waals surface area contributed by atoms with E-state index in [1.54, 1.807) is 12.1 Å². The molecular formula is C13H20N2O3S. The smallest absolute Gasteiger partial charge is 0.237 e.